The number of alkyl halides is 3. The summed E-state index contributed by atoms with van der Waals surface area (Å²) in [5.41, 5.74) is 0.371. The van der Waals surface area contributed by atoms with Gasteiger partial charge in [0.2, 0.25) is 5.91 Å². The molecular formula is C27H27F3N4O. The monoisotopic (exact) mass is 480 g/mol. The van der Waals surface area contributed by atoms with E-state index in [1.165, 1.54) is 12.3 Å². The quantitative estimate of drug-likeness (QED) is 0.435. The molecule has 3 aromatic rings. The number of nitrogens with one attached hydrogen (secondary N) is 2. The second-order valence-electron chi connectivity index (χ2n) is 9.54. The van der Waals surface area contributed by atoms with Crippen molar-refractivity contribution in [3.8, 4) is 17.2 Å². The molecule has 0 bridgehead atoms. The van der Waals surface area contributed by atoms with Crippen molar-refractivity contribution in [2.24, 2.45) is 5.92 Å². The molecule has 1 fully saturated rings. The Hall–Kier alpha value is -3.44. The number of benzene rings is 2. The Morgan fingerprint density at radius 2 is 1.77 bits per heavy atom. The normalized spacial score (nSPS) is 16.5. The summed E-state index contributed by atoms with van der Waals surface area (Å²) in [6, 6.07) is 15.4. The van der Waals surface area contributed by atoms with Crippen molar-refractivity contribution < 1.29 is 18.0 Å². The van der Waals surface area contributed by atoms with Crippen molar-refractivity contribution in [2.75, 3.05) is 0 Å². The van der Waals surface area contributed by atoms with Crippen LogP contribution in [0, 0.1) is 17.2 Å². The standard InChI is InChI=1S/C27H27F3N4O/c1-17(2)13-23(25(35)34-26(16-31)11-12-26)33-24(27(28,29)30)22-10-9-21(15-32-22)20-8-7-18-5-3-4-6-19(18)14-20/h3-10,14-15,17,23-24,33H,11-13H2,1-2H3,(H,34,35)/t23-,24-/m0/s1. The van der Waals surface area contributed by atoms with E-state index in [2.05, 4.69) is 15.6 Å². The molecule has 0 radical (unpaired) electrons. The van der Waals surface area contributed by atoms with E-state index < -0.39 is 29.7 Å². The number of carbonyl (C=O) groups excluding carboxylic acids is 1. The highest BCUT2D eigenvalue weighted by Gasteiger charge is 2.47. The molecule has 4 rings (SSSR count). The van der Waals surface area contributed by atoms with Crippen LogP contribution in [0.2, 0.25) is 0 Å². The van der Waals surface area contributed by atoms with Crippen LogP contribution in [-0.2, 0) is 4.79 Å². The van der Waals surface area contributed by atoms with Crippen LogP contribution in [0.15, 0.2) is 60.8 Å². The van der Waals surface area contributed by atoms with Gasteiger partial charge in [0.15, 0.2) is 0 Å². The minimum Gasteiger partial charge on any atom is -0.336 e. The Morgan fingerprint density at radius 1 is 1.09 bits per heavy atom. The fourth-order valence-corrected chi connectivity index (χ4v) is 4.10. The van der Waals surface area contributed by atoms with Gasteiger partial charge in [-0.15, -0.1) is 0 Å². The number of hydrogen-bond acceptors (Lipinski definition) is 4. The van der Waals surface area contributed by atoms with Gasteiger partial charge in [-0.25, -0.2) is 0 Å². The highest BCUT2D eigenvalue weighted by Crippen LogP contribution is 2.36. The van der Waals surface area contributed by atoms with E-state index in [4.69, 9.17) is 0 Å². The molecule has 0 spiro atoms. The summed E-state index contributed by atoms with van der Waals surface area (Å²) in [5, 5.41) is 16.5. The van der Waals surface area contributed by atoms with E-state index in [0.717, 1.165) is 16.3 Å². The highest BCUT2D eigenvalue weighted by molar-refractivity contribution is 5.87. The van der Waals surface area contributed by atoms with Gasteiger partial charge in [-0.1, -0.05) is 56.3 Å². The van der Waals surface area contributed by atoms with Gasteiger partial charge < -0.3 is 5.32 Å². The molecule has 5 nitrogen and oxygen atoms in total. The van der Waals surface area contributed by atoms with Crippen molar-refractivity contribution in [1.29, 1.82) is 5.26 Å². The number of aromatic nitrogens is 1. The number of amides is 1. The Labute approximate surface area is 202 Å². The molecule has 1 aliphatic carbocycles. The zero-order valence-electron chi connectivity index (χ0n) is 19.6. The molecule has 2 N–H and O–H groups in total. The number of rotatable bonds is 8. The zero-order valence-corrected chi connectivity index (χ0v) is 19.6. The molecular weight excluding hydrogens is 453 g/mol. The molecule has 35 heavy (non-hydrogen) atoms. The second kappa shape index (κ2) is 9.67. The maximum absolute atomic E-state index is 14.1. The van der Waals surface area contributed by atoms with Crippen molar-refractivity contribution in [3.05, 3.63) is 66.5 Å². The van der Waals surface area contributed by atoms with Gasteiger partial charge in [0, 0.05) is 11.8 Å². The van der Waals surface area contributed by atoms with Crippen LogP contribution < -0.4 is 10.6 Å². The summed E-state index contributed by atoms with van der Waals surface area (Å²) in [6.45, 7) is 3.66. The highest BCUT2D eigenvalue weighted by atomic mass is 19.4. The lowest BCUT2D eigenvalue weighted by Gasteiger charge is -2.28. The second-order valence-corrected chi connectivity index (χ2v) is 9.54. The number of pyridine rings is 1. The molecule has 8 heteroatoms. The van der Waals surface area contributed by atoms with Gasteiger partial charge in [-0.3, -0.25) is 15.1 Å². The molecule has 1 saturated carbocycles. The average Bonchev–Trinajstić information content (AvgIpc) is 3.60. The SMILES string of the molecule is CC(C)C[C@H](N[C@@H](c1ccc(-c2ccc3ccccc3c2)cn1)C(F)(F)F)C(=O)NC1(C#N)CC1. The van der Waals surface area contributed by atoms with Crippen LogP contribution in [0.1, 0.15) is 44.8 Å². The minimum atomic E-state index is -4.67. The van der Waals surface area contributed by atoms with Crippen molar-refractivity contribution in [3.63, 3.8) is 0 Å². The maximum Gasteiger partial charge on any atom is 0.409 e. The van der Waals surface area contributed by atoms with Crippen molar-refractivity contribution in [2.45, 2.75) is 56.9 Å². The van der Waals surface area contributed by atoms with Crippen LogP contribution in [0.5, 0.6) is 0 Å². The Bertz CT molecular complexity index is 1240. The van der Waals surface area contributed by atoms with E-state index in [1.54, 1.807) is 6.07 Å². The van der Waals surface area contributed by atoms with Crippen LogP contribution in [0.4, 0.5) is 13.2 Å². The third-order valence-electron chi connectivity index (χ3n) is 6.21. The minimum absolute atomic E-state index is 0.0346. The van der Waals surface area contributed by atoms with E-state index in [1.807, 2.05) is 62.4 Å². The zero-order chi connectivity index (χ0) is 25.2. The fourth-order valence-electron chi connectivity index (χ4n) is 4.10. The largest absolute Gasteiger partial charge is 0.409 e. The Balaban J connectivity index is 1.58. The van der Waals surface area contributed by atoms with Gasteiger partial charge in [-0.2, -0.15) is 18.4 Å². The van der Waals surface area contributed by atoms with E-state index in [9.17, 15) is 23.2 Å². The summed E-state index contributed by atoms with van der Waals surface area (Å²) < 4.78 is 42.3. The lowest BCUT2D eigenvalue weighted by molar-refractivity contribution is -0.162. The first kappa shape index (κ1) is 24.7. The lowest BCUT2D eigenvalue weighted by atomic mass is 9.99. The molecule has 0 saturated heterocycles. The molecule has 2 atom stereocenters. The van der Waals surface area contributed by atoms with Crippen LogP contribution in [0.25, 0.3) is 21.9 Å². The Kier molecular flexibility index (Phi) is 6.82. The third-order valence-corrected chi connectivity index (χ3v) is 6.21. The summed E-state index contributed by atoms with van der Waals surface area (Å²) >= 11 is 0. The van der Waals surface area contributed by atoms with Gasteiger partial charge >= 0.3 is 6.18 Å². The smallest absolute Gasteiger partial charge is 0.336 e. The molecule has 182 valence electrons. The molecule has 1 aromatic heterocycles. The van der Waals surface area contributed by atoms with Crippen LogP contribution in [-0.4, -0.2) is 28.6 Å². The van der Waals surface area contributed by atoms with E-state index in [-0.39, 0.29) is 18.0 Å². The first-order chi connectivity index (χ1) is 16.6. The van der Waals surface area contributed by atoms with Crippen molar-refractivity contribution in [1.82, 2.24) is 15.6 Å². The first-order valence-corrected chi connectivity index (χ1v) is 11.6. The number of nitrogens with zero attached hydrogens (tertiary/aromatic N) is 2. The maximum atomic E-state index is 14.1. The van der Waals surface area contributed by atoms with Gasteiger partial charge in [-0.05, 0) is 53.6 Å². The third kappa shape index (κ3) is 5.80. The first-order valence-electron chi connectivity index (χ1n) is 11.6. The van der Waals surface area contributed by atoms with Crippen molar-refractivity contribution >= 4 is 16.7 Å². The number of carbonyl (C=O) groups is 1. The van der Waals surface area contributed by atoms with E-state index in [0.29, 0.717) is 18.4 Å². The average molecular weight is 481 g/mol. The van der Waals surface area contributed by atoms with Crippen LogP contribution in [0.3, 0.4) is 0 Å². The lowest BCUT2D eigenvalue weighted by Crippen LogP contribution is -2.52. The molecule has 1 aliphatic rings. The number of fused-ring (bicyclic) bond motifs is 1. The summed E-state index contributed by atoms with van der Waals surface area (Å²) in [5.74, 6) is -0.632. The molecule has 2 aromatic carbocycles. The molecule has 0 unspecified atom stereocenters. The Morgan fingerprint density at radius 3 is 2.34 bits per heavy atom. The topological polar surface area (TPSA) is 77.8 Å². The number of nitriles is 1. The molecule has 0 aliphatic heterocycles. The van der Waals surface area contributed by atoms with Crippen LogP contribution >= 0.6 is 0 Å². The van der Waals surface area contributed by atoms with E-state index >= 15 is 0 Å². The molecule has 1 heterocycles. The number of halogens is 3. The predicted molar refractivity (Wildman–Crippen MR) is 128 cm³/mol. The summed E-state index contributed by atoms with van der Waals surface area (Å²) in [7, 11) is 0. The predicted octanol–water partition coefficient (Wildman–Crippen LogP) is 5.68. The summed E-state index contributed by atoms with van der Waals surface area (Å²) in [6.07, 6.45) is -2.05. The fraction of sp³-hybridized carbons (Fsp3) is 0.370. The number of hydrogen-bond donors (Lipinski definition) is 2. The molecule has 1 amide bonds. The van der Waals surface area contributed by atoms with Gasteiger partial charge in [0.05, 0.1) is 17.8 Å². The van der Waals surface area contributed by atoms with Gasteiger partial charge in [0.1, 0.15) is 11.6 Å². The van der Waals surface area contributed by atoms with Gasteiger partial charge in [0.25, 0.3) is 0 Å². The summed E-state index contributed by atoms with van der Waals surface area (Å²) in [4.78, 5) is 17.0.